The molecule has 1 aliphatic rings. The van der Waals surface area contributed by atoms with Gasteiger partial charge in [-0.3, -0.25) is 14.5 Å². The zero-order chi connectivity index (χ0) is 14.9. The summed E-state index contributed by atoms with van der Waals surface area (Å²) in [5.74, 6) is -0.412. The van der Waals surface area contributed by atoms with Crippen LogP contribution in [0.25, 0.3) is 0 Å². The van der Waals surface area contributed by atoms with E-state index < -0.39 is 11.9 Å². The van der Waals surface area contributed by atoms with Crippen molar-refractivity contribution in [2.45, 2.75) is 12.5 Å². The van der Waals surface area contributed by atoms with Gasteiger partial charge in [-0.15, -0.1) is 0 Å². The van der Waals surface area contributed by atoms with Crippen LogP contribution in [0.3, 0.4) is 0 Å². The minimum absolute atomic E-state index is 0.412. The Labute approximate surface area is 125 Å². The molecule has 0 aromatic heterocycles. The van der Waals surface area contributed by atoms with Gasteiger partial charge >= 0.3 is 0 Å². The fourth-order valence-corrected chi connectivity index (χ4v) is 2.21. The van der Waals surface area contributed by atoms with Gasteiger partial charge in [-0.05, 0) is 12.0 Å². The largest absolute Gasteiger partial charge is 0.379 e. The Morgan fingerprint density at radius 2 is 2.05 bits per heavy atom. The molecule has 0 spiro atoms. The molecular formula is C15H23N3O3. The summed E-state index contributed by atoms with van der Waals surface area (Å²) in [5, 5.41) is 0. The Kier molecular flexibility index (Phi) is 6.62. The lowest BCUT2D eigenvalue weighted by Gasteiger charge is -2.26. The van der Waals surface area contributed by atoms with E-state index in [1.54, 1.807) is 0 Å². The molecule has 0 radical (unpaired) electrons. The van der Waals surface area contributed by atoms with Crippen molar-refractivity contribution in [3.05, 3.63) is 35.9 Å². The van der Waals surface area contributed by atoms with Gasteiger partial charge in [0.2, 0.25) is 5.91 Å². The number of morpholine rings is 1. The highest BCUT2D eigenvalue weighted by atomic mass is 16.6. The average Bonchev–Trinajstić information content (AvgIpc) is 2.52. The molecule has 0 bridgehead atoms. The average molecular weight is 293 g/mol. The quantitative estimate of drug-likeness (QED) is 0.518. The molecule has 1 heterocycles. The highest BCUT2D eigenvalue weighted by Gasteiger charge is 2.16. The molecular weight excluding hydrogens is 270 g/mol. The molecule has 0 aliphatic carbocycles. The number of primary amides is 1. The minimum atomic E-state index is -0.517. The second-order valence-corrected chi connectivity index (χ2v) is 5.07. The van der Waals surface area contributed by atoms with Crippen LogP contribution in [0.1, 0.15) is 5.56 Å². The first-order valence-corrected chi connectivity index (χ1v) is 7.26. The number of nitrogens with one attached hydrogen (secondary N) is 1. The molecule has 1 fully saturated rings. The lowest BCUT2D eigenvalue weighted by atomic mass is 10.1. The van der Waals surface area contributed by atoms with Crippen LogP contribution in [0.4, 0.5) is 0 Å². The normalized spacial score (nSPS) is 17.5. The second kappa shape index (κ2) is 8.74. The summed E-state index contributed by atoms with van der Waals surface area (Å²) in [4.78, 5) is 19.1. The third-order valence-electron chi connectivity index (χ3n) is 3.46. The molecule has 6 heteroatoms. The number of hydrogen-bond donors (Lipinski definition) is 2. The predicted molar refractivity (Wildman–Crippen MR) is 79.5 cm³/mol. The van der Waals surface area contributed by atoms with Crippen molar-refractivity contribution in [2.75, 3.05) is 39.5 Å². The SMILES string of the molecule is NC(=O)[C@H](Cc1ccccc1)NOCCN1CCOCC1. The zero-order valence-corrected chi connectivity index (χ0v) is 12.2. The van der Waals surface area contributed by atoms with Crippen molar-refractivity contribution >= 4 is 5.91 Å². The van der Waals surface area contributed by atoms with E-state index in [9.17, 15) is 4.79 Å². The highest BCUT2D eigenvalue weighted by Crippen LogP contribution is 2.03. The second-order valence-electron chi connectivity index (χ2n) is 5.07. The Morgan fingerprint density at radius 1 is 1.33 bits per heavy atom. The van der Waals surface area contributed by atoms with Crippen molar-refractivity contribution in [2.24, 2.45) is 5.73 Å². The molecule has 1 amide bonds. The van der Waals surface area contributed by atoms with E-state index in [4.69, 9.17) is 15.3 Å². The molecule has 116 valence electrons. The Bertz CT molecular complexity index is 421. The minimum Gasteiger partial charge on any atom is -0.379 e. The molecule has 21 heavy (non-hydrogen) atoms. The first-order chi connectivity index (χ1) is 10.3. The summed E-state index contributed by atoms with van der Waals surface area (Å²) in [7, 11) is 0. The van der Waals surface area contributed by atoms with Crippen LogP contribution in [-0.2, 0) is 20.8 Å². The summed E-state index contributed by atoms with van der Waals surface area (Å²) in [6.45, 7) is 4.71. The molecule has 3 N–H and O–H groups in total. The van der Waals surface area contributed by atoms with Crippen LogP contribution < -0.4 is 11.2 Å². The fraction of sp³-hybridized carbons (Fsp3) is 0.533. The van der Waals surface area contributed by atoms with E-state index in [2.05, 4.69) is 10.4 Å². The van der Waals surface area contributed by atoms with Gasteiger partial charge in [0.1, 0.15) is 6.04 Å². The summed E-state index contributed by atoms with van der Waals surface area (Å²) in [6.07, 6.45) is 0.522. The van der Waals surface area contributed by atoms with Gasteiger partial charge in [-0.25, -0.2) is 0 Å². The lowest BCUT2D eigenvalue weighted by molar-refractivity contribution is -0.124. The highest BCUT2D eigenvalue weighted by molar-refractivity contribution is 5.80. The third kappa shape index (κ3) is 5.81. The van der Waals surface area contributed by atoms with Gasteiger partial charge < -0.3 is 10.5 Å². The summed E-state index contributed by atoms with van der Waals surface area (Å²) in [6, 6.07) is 9.22. The fourth-order valence-electron chi connectivity index (χ4n) is 2.21. The van der Waals surface area contributed by atoms with E-state index in [-0.39, 0.29) is 0 Å². The summed E-state index contributed by atoms with van der Waals surface area (Å²) in [5.41, 5.74) is 9.22. The topological polar surface area (TPSA) is 76.8 Å². The van der Waals surface area contributed by atoms with E-state index in [0.717, 1.165) is 38.4 Å². The number of ether oxygens (including phenoxy) is 1. The van der Waals surface area contributed by atoms with E-state index in [1.165, 1.54) is 0 Å². The monoisotopic (exact) mass is 293 g/mol. The molecule has 1 aliphatic heterocycles. The molecule has 0 saturated carbocycles. The number of nitrogens with zero attached hydrogens (tertiary/aromatic N) is 1. The maximum absolute atomic E-state index is 11.5. The first kappa shape index (κ1) is 15.9. The number of hydroxylamine groups is 1. The molecule has 1 aromatic carbocycles. The van der Waals surface area contributed by atoms with Gasteiger partial charge in [0.05, 0.1) is 19.8 Å². The van der Waals surface area contributed by atoms with Crippen LogP contribution in [0.5, 0.6) is 0 Å². The molecule has 1 aromatic rings. The van der Waals surface area contributed by atoms with Crippen molar-refractivity contribution in [3.8, 4) is 0 Å². The number of benzene rings is 1. The Balaban J connectivity index is 1.69. The maximum atomic E-state index is 11.5. The number of nitrogens with two attached hydrogens (primary N) is 1. The number of hydrogen-bond acceptors (Lipinski definition) is 5. The number of amides is 1. The van der Waals surface area contributed by atoms with Crippen molar-refractivity contribution in [1.82, 2.24) is 10.4 Å². The van der Waals surface area contributed by atoms with Crippen molar-refractivity contribution in [3.63, 3.8) is 0 Å². The smallest absolute Gasteiger partial charge is 0.237 e. The van der Waals surface area contributed by atoms with Crippen molar-refractivity contribution in [1.29, 1.82) is 0 Å². The molecule has 1 atom stereocenters. The van der Waals surface area contributed by atoms with E-state index in [1.807, 2.05) is 30.3 Å². The molecule has 2 rings (SSSR count). The first-order valence-electron chi connectivity index (χ1n) is 7.26. The lowest BCUT2D eigenvalue weighted by Crippen LogP contribution is -2.44. The van der Waals surface area contributed by atoms with Gasteiger partial charge in [0, 0.05) is 19.6 Å². The van der Waals surface area contributed by atoms with Crippen LogP contribution in [-0.4, -0.2) is 56.3 Å². The van der Waals surface area contributed by atoms with Crippen LogP contribution in [0.2, 0.25) is 0 Å². The summed E-state index contributed by atoms with van der Waals surface area (Å²) >= 11 is 0. The summed E-state index contributed by atoms with van der Waals surface area (Å²) < 4.78 is 5.28. The number of carbonyl (C=O) groups excluding carboxylic acids is 1. The maximum Gasteiger partial charge on any atom is 0.237 e. The molecule has 1 saturated heterocycles. The van der Waals surface area contributed by atoms with Gasteiger partial charge in [-0.1, -0.05) is 30.3 Å². The Hall–Kier alpha value is -1.47. The standard InChI is InChI=1S/C15H23N3O3/c16-15(19)14(12-13-4-2-1-3-5-13)17-21-11-8-18-6-9-20-10-7-18/h1-5,14,17H,6-12H2,(H2,16,19)/t14-/m0/s1. The van der Waals surface area contributed by atoms with Crippen LogP contribution >= 0.6 is 0 Å². The van der Waals surface area contributed by atoms with Gasteiger partial charge in [0.25, 0.3) is 0 Å². The van der Waals surface area contributed by atoms with E-state index in [0.29, 0.717) is 13.0 Å². The number of rotatable bonds is 8. The van der Waals surface area contributed by atoms with Gasteiger partial charge in [-0.2, -0.15) is 5.48 Å². The van der Waals surface area contributed by atoms with Gasteiger partial charge in [0.15, 0.2) is 0 Å². The molecule has 0 unspecified atom stereocenters. The third-order valence-corrected chi connectivity index (χ3v) is 3.46. The van der Waals surface area contributed by atoms with Crippen LogP contribution in [0.15, 0.2) is 30.3 Å². The number of carbonyl (C=O) groups is 1. The predicted octanol–water partition coefficient (Wildman–Crippen LogP) is -0.0636. The molecule has 6 nitrogen and oxygen atoms in total. The van der Waals surface area contributed by atoms with Crippen molar-refractivity contribution < 1.29 is 14.4 Å². The zero-order valence-electron chi connectivity index (χ0n) is 12.2. The Morgan fingerprint density at radius 3 is 2.71 bits per heavy atom. The van der Waals surface area contributed by atoms with E-state index >= 15 is 0 Å². The van der Waals surface area contributed by atoms with Crippen LogP contribution in [0, 0.1) is 0 Å².